The van der Waals surface area contributed by atoms with Crippen molar-refractivity contribution >= 4 is 0 Å². The van der Waals surface area contributed by atoms with Crippen LogP contribution in [0.15, 0.2) is 36.4 Å². The standard InChI is InChI=1S/C14H19N/c1-10-5-3-4-6-12(10)9-13-7-8-14(15)11(13)2/h3-6,13-14H,2,7-9,15H2,1H3. The first kappa shape index (κ1) is 10.4. The van der Waals surface area contributed by atoms with Crippen LogP contribution in [-0.4, -0.2) is 6.04 Å². The number of hydrogen-bond acceptors (Lipinski definition) is 1. The summed E-state index contributed by atoms with van der Waals surface area (Å²) in [6, 6.07) is 8.83. The highest BCUT2D eigenvalue weighted by Gasteiger charge is 2.26. The number of rotatable bonds is 2. The van der Waals surface area contributed by atoms with Gasteiger partial charge < -0.3 is 5.73 Å². The number of benzene rings is 1. The zero-order valence-electron chi connectivity index (χ0n) is 9.37. The fourth-order valence-electron chi connectivity index (χ4n) is 2.39. The van der Waals surface area contributed by atoms with Crippen LogP contribution < -0.4 is 5.73 Å². The SMILES string of the molecule is C=C1C(N)CCC1Cc1ccccc1C. The average molecular weight is 201 g/mol. The molecular weight excluding hydrogens is 182 g/mol. The molecule has 2 rings (SSSR count). The van der Waals surface area contributed by atoms with Gasteiger partial charge in [0.25, 0.3) is 0 Å². The quantitative estimate of drug-likeness (QED) is 0.732. The van der Waals surface area contributed by atoms with Crippen molar-refractivity contribution in [2.24, 2.45) is 11.7 Å². The van der Waals surface area contributed by atoms with Crippen molar-refractivity contribution in [2.75, 3.05) is 0 Å². The van der Waals surface area contributed by atoms with Crippen LogP contribution in [0, 0.1) is 12.8 Å². The van der Waals surface area contributed by atoms with E-state index in [1.54, 1.807) is 0 Å². The third kappa shape index (κ3) is 2.13. The summed E-state index contributed by atoms with van der Waals surface area (Å²) >= 11 is 0. The van der Waals surface area contributed by atoms with Crippen LogP contribution in [0.2, 0.25) is 0 Å². The molecule has 0 aromatic heterocycles. The summed E-state index contributed by atoms with van der Waals surface area (Å²) < 4.78 is 0. The van der Waals surface area contributed by atoms with Crippen molar-refractivity contribution in [3.05, 3.63) is 47.5 Å². The highest BCUT2D eigenvalue weighted by Crippen LogP contribution is 2.32. The Bertz CT molecular complexity index is 367. The number of hydrogen-bond donors (Lipinski definition) is 1. The zero-order chi connectivity index (χ0) is 10.8. The van der Waals surface area contributed by atoms with Gasteiger partial charge in [-0.15, -0.1) is 0 Å². The second-order valence-electron chi connectivity index (χ2n) is 4.59. The Balaban J connectivity index is 2.10. The first-order chi connectivity index (χ1) is 7.18. The second kappa shape index (κ2) is 4.19. The van der Waals surface area contributed by atoms with E-state index in [9.17, 15) is 0 Å². The molecule has 0 aliphatic heterocycles. The minimum absolute atomic E-state index is 0.235. The Kier molecular flexibility index (Phi) is 2.92. The van der Waals surface area contributed by atoms with Gasteiger partial charge in [-0.2, -0.15) is 0 Å². The predicted octanol–water partition coefficient (Wildman–Crippen LogP) is 2.83. The van der Waals surface area contributed by atoms with E-state index in [4.69, 9.17) is 5.73 Å². The predicted molar refractivity (Wildman–Crippen MR) is 64.7 cm³/mol. The Morgan fingerprint density at radius 2 is 2.07 bits per heavy atom. The van der Waals surface area contributed by atoms with Gasteiger partial charge in [-0.05, 0) is 43.2 Å². The van der Waals surface area contributed by atoms with Crippen molar-refractivity contribution in [3.63, 3.8) is 0 Å². The van der Waals surface area contributed by atoms with Crippen LogP contribution in [0.4, 0.5) is 0 Å². The lowest BCUT2D eigenvalue weighted by Gasteiger charge is -2.14. The highest BCUT2D eigenvalue weighted by atomic mass is 14.7. The molecule has 1 nitrogen and oxygen atoms in total. The van der Waals surface area contributed by atoms with Crippen molar-refractivity contribution in [2.45, 2.75) is 32.2 Å². The van der Waals surface area contributed by atoms with Gasteiger partial charge in [0, 0.05) is 6.04 Å². The minimum atomic E-state index is 0.235. The fourth-order valence-corrected chi connectivity index (χ4v) is 2.39. The normalized spacial score (nSPS) is 25.9. The minimum Gasteiger partial charge on any atom is -0.324 e. The Morgan fingerprint density at radius 1 is 1.33 bits per heavy atom. The number of aryl methyl sites for hydroxylation is 1. The third-order valence-corrected chi connectivity index (χ3v) is 3.55. The molecule has 1 aliphatic rings. The lowest BCUT2D eigenvalue weighted by molar-refractivity contribution is 0.623. The van der Waals surface area contributed by atoms with E-state index < -0.39 is 0 Å². The summed E-state index contributed by atoms with van der Waals surface area (Å²) in [7, 11) is 0. The molecule has 0 amide bonds. The van der Waals surface area contributed by atoms with Crippen molar-refractivity contribution in [1.29, 1.82) is 0 Å². The fraction of sp³-hybridized carbons (Fsp3) is 0.429. The molecule has 0 radical (unpaired) electrons. The highest BCUT2D eigenvalue weighted by molar-refractivity contribution is 5.28. The molecule has 0 bridgehead atoms. The smallest absolute Gasteiger partial charge is 0.0253 e. The van der Waals surface area contributed by atoms with E-state index in [2.05, 4.69) is 37.8 Å². The van der Waals surface area contributed by atoms with E-state index in [1.165, 1.54) is 23.1 Å². The van der Waals surface area contributed by atoms with Crippen LogP contribution in [-0.2, 0) is 6.42 Å². The van der Waals surface area contributed by atoms with Crippen LogP contribution in [0.25, 0.3) is 0 Å². The average Bonchev–Trinajstić information content (AvgIpc) is 2.53. The van der Waals surface area contributed by atoms with Crippen molar-refractivity contribution < 1.29 is 0 Å². The molecule has 1 fully saturated rings. The first-order valence-electron chi connectivity index (χ1n) is 5.67. The maximum absolute atomic E-state index is 5.96. The lowest BCUT2D eigenvalue weighted by Crippen LogP contribution is -2.18. The summed E-state index contributed by atoms with van der Waals surface area (Å²) in [5, 5.41) is 0. The summed E-state index contributed by atoms with van der Waals surface area (Å²) in [5.41, 5.74) is 10.0. The molecule has 0 saturated heterocycles. The van der Waals surface area contributed by atoms with Crippen molar-refractivity contribution in [1.82, 2.24) is 0 Å². The van der Waals surface area contributed by atoms with Gasteiger partial charge in [-0.1, -0.05) is 36.4 Å². The molecule has 2 atom stereocenters. The summed E-state index contributed by atoms with van der Waals surface area (Å²) in [6.07, 6.45) is 3.42. The summed E-state index contributed by atoms with van der Waals surface area (Å²) in [5.74, 6) is 0.598. The molecule has 2 unspecified atom stereocenters. The molecule has 80 valence electrons. The Hall–Kier alpha value is -1.08. The van der Waals surface area contributed by atoms with E-state index in [-0.39, 0.29) is 6.04 Å². The van der Waals surface area contributed by atoms with Crippen molar-refractivity contribution in [3.8, 4) is 0 Å². The van der Waals surface area contributed by atoms with Crippen LogP contribution in [0.1, 0.15) is 24.0 Å². The van der Waals surface area contributed by atoms with Gasteiger partial charge in [0.1, 0.15) is 0 Å². The van der Waals surface area contributed by atoms with Gasteiger partial charge >= 0.3 is 0 Å². The third-order valence-electron chi connectivity index (χ3n) is 3.55. The Morgan fingerprint density at radius 3 is 2.67 bits per heavy atom. The zero-order valence-corrected chi connectivity index (χ0v) is 9.37. The first-order valence-corrected chi connectivity index (χ1v) is 5.67. The molecular formula is C14H19N. The molecule has 0 heterocycles. The van der Waals surface area contributed by atoms with E-state index in [0.717, 1.165) is 12.8 Å². The molecule has 1 heteroatoms. The molecule has 2 N–H and O–H groups in total. The molecule has 1 saturated carbocycles. The van der Waals surface area contributed by atoms with E-state index in [1.807, 2.05) is 0 Å². The molecule has 1 aliphatic carbocycles. The van der Waals surface area contributed by atoms with Crippen LogP contribution >= 0.6 is 0 Å². The second-order valence-corrected chi connectivity index (χ2v) is 4.59. The topological polar surface area (TPSA) is 26.0 Å². The Labute approximate surface area is 92.0 Å². The maximum Gasteiger partial charge on any atom is 0.0253 e. The van der Waals surface area contributed by atoms with Gasteiger partial charge in [-0.3, -0.25) is 0 Å². The maximum atomic E-state index is 5.96. The summed E-state index contributed by atoms with van der Waals surface area (Å²) in [4.78, 5) is 0. The molecule has 15 heavy (non-hydrogen) atoms. The molecule has 1 aromatic rings. The van der Waals surface area contributed by atoms with E-state index >= 15 is 0 Å². The summed E-state index contributed by atoms with van der Waals surface area (Å²) in [6.45, 7) is 6.29. The van der Waals surface area contributed by atoms with Crippen LogP contribution in [0.5, 0.6) is 0 Å². The number of nitrogens with two attached hydrogens (primary N) is 1. The monoisotopic (exact) mass is 201 g/mol. The van der Waals surface area contributed by atoms with Gasteiger partial charge in [-0.25, -0.2) is 0 Å². The molecule has 1 aromatic carbocycles. The molecule has 0 spiro atoms. The lowest BCUT2D eigenvalue weighted by atomic mass is 9.92. The largest absolute Gasteiger partial charge is 0.324 e. The van der Waals surface area contributed by atoms with E-state index in [0.29, 0.717) is 5.92 Å². The van der Waals surface area contributed by atoms with Crippen LogP contribution in [0.3, 0.4) is 0 Å². The van der Waals surface area contributed by atoms with Gasteiger partial charge in [0.2, 0.25) is 0 Å². The van der Waals surface area contributed by atoms with Gasteiger partial charge in [0.05, 0.1) is 0 Å². The van der Waals surface area contributed by atoms with Gasteiger partial charge in [0.15, 0.2) is 0 Å².